The monoisotopic (exact) mass is 527 g/mol. The summed E-state index contributed by atoms with van der Waals surface area (Å²) in [5.74, 6) is 1.72. The van der Waals surface area contributed by atoms with Crippen LogP contribution in [0.1, 0.15) is 24.0 Å². The molecule has 7 rings (SSSR count). The summed E-state index contributed by atoms with van der Waals surface area (Å²) >= 11 is 0. The van der Waals surface area contributed by atoms with E-state index in [0.29, 0.717) is 41.1 Å². The van der Waals surface area contributed by atoms with Gasteiger partial charge < -0.3 is 25.4 Å². The quantitative estimate of drug-likeness (QED) is 0.212. The Balaban J connectivity index is 1.22. The predicted octanol–water partition coefficient (Wildman–Crippen LogP) is 3.63. The van der Waals surface area contributed by atoms with Crippen LogP contribution < -0.4 is 30.7 Å². The molecule has 2 aliphatic heterocycles. The molecule has 1 aliphatic carbocycles. The Labute approximate surface area is 221 Å². The van der Waals surface area contributed by atoms with Gasteiger partial charge in [-0.3, -0.25) is 10.1 Å². The Hall–Kier alpha value is -5.13. The van der Waals surface area contributed by atoms with Crippen molar-refractivity contribution in [3.8, 4) is 22.6 Å². The molecule has 1 saturated carbocycles. The largest absolute Gasteiger partial charge is 0.454 e. The van der Waals surface area contributed by atoms with Crippen LogP contribution in [0, 0.1) is 5.82 Å². The zero-order valence-corrected chi connectivity index (χ0v) is 20.5. The molecule has 3 amide bonds. The van der Waals surface area contributed by atoms with Crippen LogP contribution in [0.5, 0.6) is 11.5 Å². The van der Waals surface area contributed by atoms with Crippen LogP contribution in [0.15, 0.2) is 54.4 Å². The lowest BCUT2D eigenvalue weighted by atomic mass is 9.99. The van der Waals surface area contributed by atoms with E-state index in [2.05, 4.69) is 26.4 Å². The smallest absolute Gasteiger partial charge is 0.326 e. The molecule has 3 aliphatic rings. The molecule has 0 bridgehead atoms. The normalized spacial score (nSPS) is 17.0. The van der Waals surface area contributed by atoms with Crippen molar-refractivity contribution in [2.75, 3.05) is 17.4 Å². The number of amides is 3. The fraction of sp³-hybridized carbons (Fsp3) is 0.185. The predicted molar refractivity (Wildman–Crippen MR) is 140 cm³/mol. The molecule has 39 heavy (non-hydrogen) atoms. The molecule has 12 heteroatoms. The van der Waals surface area contributed by atoms with Crippen LogP contribution in [0.25, 0.3) is 22.9 Å². The highest BCUT2D eigenvalue weighted by molar-refractivity contribution is 6.14. The van der Waals surface area contributed by atoms with Crippen LogP contribution >= 0.6 is 0 Å². The van der Waals surface area contributed by atoms with Crippen molar-refractivity contribution in [3.05, 3.63) is 71.3 Å². The second-order valence-corrected chi connectivity index (χ2v) is 9.47. The Kier molecular flexibility index (Phi) is 5.32. The Bertz CT molecular complexity index is 1700. The molecule has 1 saturated heterocycles. The lowest BCUT2D eigenvalue weighted by Gasteiger charge is -2.14. The molecule has 4 aromatic rings. The number of anilines is 2. The highest BCUT2D eigenvalue weighted by Crippen LogP contribution is 2.37. The van der Waals surface area contributed by atoms with Crippen LogP contribution in [-0.2, 0) is 11.3 Å². The molecule has 4 heterocycles. The molecule has 0 spiro atoms. The van der Waals surface area contributed by atoms with E-state index in [1.807, 2.05) is 24.3 Å². The maximum absolute atomic E-state index is 14.3. The SMILES string of the molecule is O=C1NC(=O)/C(=C/c2cnn3c(NC4CC4)cc(NCc4ccc(F)cc4-c4ccc5c(c4)OCO5)nc23)N1. The van der Waals surface area contributed by atoms with Crippen LogP contribution in [0.3, 0.4) is 0 Å². The minimum absolute atomic E-state index is 0.117. The number of carbonyl (C=O) groups is 2. The van der Waals surface area contributed by atoms with Crippen molar-refractivity contribution >= 4 is 35.3 Å². The summed E-state index contributed by atoms with van der Waals surface area (Å²) in [6, 6.07) is 11.8. The van der Waals surface area contributed by atoms with Crippen LogP contribution in [-0.4, -0.2) is 39.4 Å². The van der Waals surface area contributed by atoms with Gasteiger partial charge >= 0.3 is 6.03 Å². The molecular weight excluding hydrogens is 505 g/mol. The number of aromatic nitrogens is 3. The van der Waals surface area contributed by atoms with E-state index in [-0.39, 0.29) is 18.3 Å². The molecule has 196 valence electrons. The van der Waals surface area contributed by atoms with Crippen molar-refractivity contribution in [2.24, 2.45) is 0 Å². The maximum Gasteiger partial charge on any atom is 0.326 e. The van der Waals surface area contributed by atoms with E-state index in [4.69, 9.17) is 14.5 Å². The van der Waals surface area contributed by atoms with Gasteiger partial charge in [0.2, 0.25) is 6.79 Å². The minimum Gasteiger partial charge on any atom is -0.454 e. The highest BCUT2D eigenvalue weighted by Gasteiger charge is 2.25. The van der Waals surface area contributed by atoms with Crippen LogP contribution in [0.4, 0.5) is 20.8 Å². The summed E-state index contributed by atoms with van der Waals surface area (Å²) in [5.41, 5.74) is 3.56. The first kappa shape index (κ1) is 23.0. The van der Waals surface area contributed by atoms with Gasteiger partial charge in [0.1, 0.15) is 23.1 Å². The van der Waals surface area contributed by atoms with E-state index in [0.717, 1.165) is 35.3 Å². The Morgan fingerprint density at radius 2 is 1.95 bits per heavy atom. The van der Waals surface area contributed by atoms with Crippen molar-refractivity contribution < 1.29 is 23.5 Å². The molecule has 0 radical (unpaired) electrons. The first-order valence-corrected chi connectivity index (χ1v) is 12.4. The highest BCUT2D eigenvalue weighted by atomic mass is 19.1. The van der Waals surface area contributed by atoms with Gasteiger partial charge in [-0.2, -0.15) is 9.61 Å². The van der Waals surface area contributed by atoms with Gasteiger partial charge in [-0.15, -0.1) is 0 Å². The number of halogens is 1. The van der Waals surface area contributed by atoms with E-state index >= 15 is 0 Å². The summed E-state index contributed by atoms with van der Waals surface area (Å²) in [6.07, 6.45) is 5.25. The second-order valence-electron chi connectivity index (χ2n) is 9.47. The summed E-state index contributed by atoms with van der Waals surface area (Å²) in [5, 5.41) is 15.9. The number of imide groups is 1. The molecule has 11 nitrogen and oxygen atoms in total. The zero-order chi connectivity index (χ0) is 26.5. The van der Waals surface area contributed by atoms with Gasteiger partial charge in [0.25, 0.3) is 5.91 Å². The van der Waals surface area contributed by atoms with Crippen molar-refractivity contribution in [1.82, 2.24) is 25.2 Å². The average molecular weight is 528 g/mol. The fourth-order valence-electron chi connectivity index (χ4n) is 4.57. The lowest BCUT2D eigenvalue weighted by molar-refractivity contribution is -0.115. The van der Waals surface area contributed by atoms with Crippen molar-refractivity contribution in [2.45, 2.75) is 25.4 Å². The number of rotatable bonds is 7. The summed E-state index contributed by atoms with van der Waals surface area (Å²) < 4.78 is 26.9. The van der Waals surface area contributed by atoms with Gasteiger partial charge in [-0.1, -0.05) is 12.1 Å². The number of fused-ring (bicyclic) bond motifs is 2. The maximum atomic E-state index is 14.3. The first-order chi connectivity index (χ1) is 19.0. The fourth-order valence-corrected chi connectivity index (χ4v) is 4.57. The third kappa shape index (κ3) is 4.45. The van der Waals surface area contributed by atoms with E-state index in [1.165, 1.54) is 18.2 Å². The summed E-state index contributed by atoms with van der Waals surface area (Å²) in [6.45, 7) is 0.519. The standard InChI is InChI=1S/C27H22FN7O4/c28-17-3-1-15(19(9-17)14-2-6-21-22(8-14)39-13-38-21)11-29-23-10-24(31-18-4-5-18)35-25(33-23)16(12-30-35)7-20-26(36)34-27(37)32-20/h1-3,6-10,12,18,31H,4-5,11,13H2,(H,29,33)(H2,32,34,36,37)/b20-7-. The lowest BCUT2D eigenvalue weighted by Crippen LogP contribution is -2.22. The van der Waals surface area contributed by atoms with E-state index in [9.17, 15) is 14.0 Å². The van der Waals surface area contributed by atoms with E-state index < -0.39 is 11.9 Å². The number of benzene rings is 2. The molecule has 2 fully saturated rings. The van der Waals surface area contributed by atoms with Crippen LogP contribution in [0.2, 0.25) is 0 Å². The minimum atomic E-state index is -0.577. The van der Waals surface area contributed by atoms with Gasteiger partial charge in [0.15, 0.2) is 17.1 Å². The summed E-state index contributed by atoms with van der Waals surface area (Å²) in [4.78, 5) is 28.3. The molecule has 0 unspecified atom stereocenters. The Morgan fingerprint density at radius 3 is 2.77 bits per heavy atom. The third-order valence-electron chi connectivity index (χ3n) is 6.66. The zero-order valence-electron chi connectivity index (χ0n) is 20.5. The molecule has 0 atom stereocenters. The number of ether oxygens (including phenoxy) is 2. The van der Waals surface area contributed by atoms with Gasteiger partial charge in [-0.05, 0) is 59.9 Å². The molecule has 4 N–H and O–H groups in total. The number of hydrogen-bond acceptors (Lipinski definition) is 8. The van der Waals surface area contributed by atoms with Gasteiger partial charge in [0, 0.05) is 24.2 Å². The van der Waals surface area contributed by atoms with E-state index in [1.54, 1.807) is 16.8 Å². The average Bonchev–Trinajstić information content (AvgIpc) is 3.31. The van der Waals surface area contributed by atoms with Gasteiger partial charge in [0.05, 0.1) is 6.20 Å². The third-order valence-corrected chi connectivity index (χ3v) is 6.66. The van der Waals surface area contributed by atoms with Crippen molar-refractivity contribution in [3.63, 3.8) is 0 Å². The number of nitrogens with one attached hydrogen (secondary N) is 4. The molecular formula is C27H22FN7O4. The molecule has 2 aromatic heterocycles. The van der Waals surface area contributed by atoms with Gasteiger partial charge in [-0.25, -0.2) is 14.2 Å². The second kappa shape index (κ2) is 9.01. The number of urea groups is 1. The number of nitrogens with zero attached hydrogens (tertiary/aromatic N) is 3. The molecule has 2 aromatic carbocycles. The Morgan fingerprint density at radius 1 is 1.08 bits per heavy atom. The topological polar surface area (TPSA) is 131 Å². The number of carbonyl (C=O) groups excluding carboxylic acids is 2. The summed E-state index contributed by atoms with van der Waals surface area (Å²) in [7, 11) is 0. The first-order valence-electron chi connectivity index (χ1n) is 12.4. The number of hydrogen-bond donors (Lipinski definition) is 4. The van der Waals surface area contributed by atoms with Crippen molar-refractivity contribution in [1.29, 1.82) is 0 Å².